The van der Waals surface area contributed by atoms with Crippen LogP contribution in [-0.4, -0.2) is 21.9 Å². The quantitative estimate of drug-likeness (QED) is 0.478. The Bertz CT molecular complexity index is 1010. The summed E-state index contributed by atoms with van der Waals surface area (Å²) in [5.41, 5.74) is 3.57. The van der Waals surface area contributed by atoms with E-state index in [1.54, 1.807) is 12.1 Å². The van der Waals surface area contributed by atoms with E-state index in [0.29, 0.717) is 16.8 Å². The first-order valence-electron chi connectivity index (χ1n) is 8.05. The van der Waals surface area contributed by atoms with Crippen molar-refractivity contribution in [2.45, 2.75) is 24.0 Å². The number of rotatable bonds is 6. The number of hydrogen-bond donors (Lipinski definition) is 1. The van der Waals surface area contributed by atoms with E-state index < -0.39 is 0 Å². The number of thiocyanates is 1. The molecule has 1 N–H and O–H groups in total. The average molecular weight is 396 g/mol. The second kappa shape index (κ2) is 8.75. The summed E-state index contributed by atoms with van der Waals surface area (Å²) in [6.45, 7) is 3.88. The monoisotopic (exact) mass is 396 g/mol. The van der Waals surface area contributed by atoms with Crippen molar-refractivity contribution in [1.82, 2.24) is 10.2 Å². The van der Waals surface area contributed by atoms with Gasteiger partial charge in [-0.1, -0.05) is 29.5 Å². The number of aromatic nitrogens is 2. The summed E-state index contributed by atoms with van der Waals surface area (Å²) < 4.78 is 5.62. The van der Waals surface area contributed by atoms with E-state index in [4.69, 9.17) is 9.68 Å². The van der Waals surface area contributed by atoms with Crippen molar-refractivity contribution in [2.75, 3.05) is 11.1 Å². The molecule has 1 amide bonds. The normalized spacial score (nSPS) is 10.4. The number of carbonyl (C=O) groups excluding carboxylic acids is 1. The Morgan fingerprint density at radius 2 is 2.07 bits per heavy atom. The highest BCUT2D eigenvalue weighted by atomic mass is 32.2. The van der Waals surface area contributed by atoms with Crippen molar-refractivity contribution >= 4 is 35.1 Å². The van der Waals surface area contributed by atoms with Crippen LogP contribution in [0.25, 0.3) is 11.5 Å². The van der Waals surface area contributed by atoms with E-state index in [1.165, 1.54) is 11.8 Å². The van der Waals surface area contributed by atoms with Crippen LogP contribution in [0.5, 0.6) is 0 Å². The fourth-order valence-electron chi connectivity index (χ4n) is 2.37. The van der Waals surface area contributed by atoms with Crippen LogP contribution in [0.15, 0.2) is 57.0 Å². The van der Waals surface area contributed by atoms with Crippen LogP contribution in [0.4, 0.5) is 5.69 Å². The molecule has 136 valence electrons. The molecule has 27 heavy (non-hydrogen) atoms. The molecule has 0 unspecified atom stereocenters. The lowest BCUT2D eigenvalue weighted by Gasteiger charge is -2.08. The van der Waals surface area contributed by atoms with Gasteiger partial charge in [-0.25, -0.2) is 0 Å². The molecular weight excluding hydrogens is 380 g/mol. The summed E-state index contributed by atoms with van der Waals surface area (Å²) in [6.07, 6.45) is 0. The van der Waals surface area contributed by atoms with Gasteiger partial charge in [-0.15, -0.1) is 10.2 Å². The van der Waals surface area contributed by atoms with E-state index in [1.807, 2.05) is 49.6 Å². The molecule has 0 saturated heterocycles. The highest BCUT2D eigenvalue weighted by molar-refractivity contribution is 8.03. The molecule has 2 aromatic carbocycles. The molecule has 0 aliphatic carbocycles. The molecule has 0 atom stereocenters. The van der Waals surface area contributed by atoms with E-state index in [0.717, 1.165) is 33.3 Å². The van der Waals surface area contributed by atoms with E-state index >= 15 is 0 Å². The van der Waals surface area contributed by atoms with Crippen molar-refractivity contribution in [1.29, 1.82) is 5.26 Å². The van der Waals surface area contributed by atoms with E-state index in [-0.39, 0.29) is 11.7 Å². The number of anilines is 1. The molecule has 0 radical (unpaired) electrons. The highest BCUT2D eigenvalue weighted by Crippen LogP contribution is 2.25. The lowest BCUT2D eigenvalue weighted by atomic mass is 10.1. The summed E-state index contributed by atoms with van der Waals surface area (Å²) in [6, 6.07) is 13.2. The summed E-state index contributed by atoms with van der Waals surface area (Å²) in [5, 5.41) is 22.0. The zero-order chi connectivity index (χ0) is 19.2. The molecule has 0 fully saturated rings. The number of nitrogens with one attached hydrogen (secondary N) is 1. The fourth-order valence-corrected chi connectivity index (χ4v) is 3.41. The van der Waals surface area contributed by atoms with Crippen molar-refractivity contribution in [3.8, 4) is 16.9 Å². The molecular formula is C19H16N4O2S2. The van der Waals surface area contributed by atoms with Gasteiger partial charge in [-0.3, -0.25) is 4.79 Å². The van der Waals surface area contributed by atoms with E-state index in [9.17, 15) is 4.79 Å². The lowest BCUT2D eigenvalue weighted by Crippen LogP contribution is -2.14. The number of benzene rings is 2. The summed E-state index contributed by atoms with van der Waals surface area (Å²) >= 11 is 2.27. The molecule has 3 aromatic rings. The van der Waals surface area contributed by atoms with Gasteiger partial charge in [0.2, 0.25) is 11.8 Å². The standard InChI is InChI=1S/C19H16N4O2S2/c1-12-4-3-5-14(8-12)18-22-23-19(25-18)26-10-17(24)21-16-7-6-15(27-11-20)9-13(16)2/h3-9H,10H2,1-2H3,(H,21,24). The molecule has 1 heterocycles. The first kappa shape index (κ1) is 19.0. The Kier molecular flexibility index (Phi) is 6.16. The van der Waals surface area contributed by atoms with Crippen LogP contribution in [0.2, 0.25) is 0 Å². The van der Waals surface area contributed by atoms with Crippen LogP contribution in [-0.2, 0) is 4.79 Å². The van der Waals surface area contributed by atoms with E-state index in [2.05, 4.69) is 15.5 Å². The average Bonchev–Trinajstić information content (AvgIpc) is 3.12. The number of amides is 1. The summed E-state index contributed by atoms with van der Waals surface area (Å²) in [4.78, 5) is 13.0. The molecule has 0 spiro atoms. The first-order valence-corrected chi connectivity index (χ1v) is 9.85. The van der Waals surface area contributed by atoms with Gasteiger partial charge in [0.25, 0.3) is 5.22 Å². The second-order valence-electron chi connectivity index (χ2n) is 5.75. The maximum atomic E-state index is 12.2. The van der Waals surface area contributed by atoms with Crippen molar-refractivity contribution < 1.29 is 9.21 Å². The number of nitriles is 1. The number of nitrogens with zero attached hydrogens (tertiary/aromatic N) is 3. The number of thioether (sulfide) groups is 2. The Morgan fingerprint density at radius 1 is 1.22 bits per heavy atom. The second-order valence-corrected chi connectivity index (χ2v) is 7.53. The van der Waals surface area contributed by atoms with Crippen LogP contribution in [0, 0.1) is 24.5 Å². The van der Waals surface area contributed by atoms with Crippen LogP contribution in [0.3, 0.4) is 0 Å². The minimum Gasteiger partial charge on any atom is -0.411 e. The van der Waals surface area contributed by atoms with Gasteiger partial charge < -0.3 is 9.73 Å². The summed E-state index contributed by atoms with van der Waals surface area (Å²) in [7, 11) is 0. The van der Waals surface area contributed by atoms with Crippen molar-refractivity contribution in [3.63, 3.8) is 0 Å². The zero-order valence-corrected chi connectivity index (χ0v) is 16.4. The Morgan fingerprint density at radius 3 is 2.81 bits per heavy atom. The highest BCUT2D eigenvalue weighted by Gasteiger charge is 2.12. The third kappa shape index (κ3) is 5.12. The molecule has 0 saturated carbocycles. The van der Waals surface area contributed by atoms with Gasteiger partial charge in [0.15, 0.2) is 0 Å². The van der Waals surface area contributed by atoms with Crippen molar-refractivity contribution in [3.05, 3.63) is 53.6 Å². The summed E-state index contributed by atoms with van der Waals surface area (Å²) in [5.74, 6) is 0.422. The largest absolute Gasteiger partial charge is 0.411 e. The Balaban J connectivity index is 1.58. The zero-order valence-electron chi connectivity index (χ0n) is 14.7. The Labute approximate surface area is 165 Å². The molecule has 6 nitrogen and oxygen atoms in total. The molecule has 0 aliphatic rings. The molecule has 0 bridgehead atoms. The topological polar surface area (TPSA) is 91.8 Å². The minimum absolute atomic E-state index is 0.156. The molecule has 3 rings (SSSR count). The van der Waals surface area contributed by atoms with Gasteiger partial charge in [0.1, 0.15) is 5.40 Å². The van der Waals surface area contributed by atoms with Crippen LogP contribution in [0.1, 0.15) is 11.1 Å². The number of hydrogen-bond acceptors (Lipinski definition) is 7. The third-order valence-corrected chi connectivity index (χ3v) is 5.03. The van der Waals surface area contributed by atoms with Gasteiger partial charge >= 0.3 is 0 Å². The van der Waals surface area contributed by atoms with Gasteiger partial charge in [0.05, 0.1) is 5.75 Å². The van der Waals surface area contributed by atoms with Crippen LogP contribution >= 0.6 is 23.5 Å². The maximum Gasteiger partial charge on any atom is 0.277 e. The smallest absolute Gasteiger partial charge is 0.277 e. The minimum atomic E-state index is -0.168. The number of carbonyl (C=O) groups is 1. The predicted octanol–water partition coefficient (Wildman–Crippen LogP) is 4.66. The third-order valence-electron chi connectivity index (χ3n) is 3.63. The molecule has 1 aromatic heterocycles. The fraction of sp³-hybridized carbons (Fsp3) is 0.158. The SMILES string of the molecule is Cc1cccc(-c2nnc(SCC(=O)Nc3ccc(SC#N)cc3C)o2)c1. The van der Waals surface area contributed by atoms with Crippen LogP contribution < -0.4 is 5.32 Å². The lowest BCUT2D eigenvalue weighted by molar-refractivity contribution is -0.113. The number of aryl methyl sites for hydroxylation is 2. The predicted molar refractivity (Wildman–Crippen MR) is 106 cm³/mol. The maximum absolute atomic E-state index is 12.2. The molecule has 8 heteroatoms. The van der Waals surface area contributed by atoms with Gasteiger partial charge in [0, 0.05) is 16.1 Å². The van der Waals surface area contributed by atoms with Gasteiger partial charge in [-0.2, -0.15) is 5.26 Å². The van der Waals surface area contributed by atoms with Crippen molar-refractivity contribution in [2.24, 2.45) is 0 Å². The molecule has 0 aliphatic heterocycles. The Hall–Kier alpha value is -2.76. The first-order chi connectivity index (χ1) is 13.0. The van der Waals surface area contributed by atoms with Gasteiger partial charge in [-0.05, 0) is 61.5 Å².